The Bertz CT molecular complexity index is 927. The number of nitrogens with one attached hydrogen (secondary N) is 2. The van der Waals surface area contributed by atoms with Crippen molar-refractivity contribution in [2.75, 3.05) is 32.2 Å². The maximum Gasteiger partial charge on any atom is 0.277 e. The molecule has 9 nitrogen and oxygen atoms in total. The molecule has 0 fully saturated rings. The number of carbonyl (C=O) groups excluding carboxylic acids is 2. The molecule has 1 aliphatic heterocycles. The number of hydrogen-bond donors (Lipinski definition) is 2. The first kappa shape index (κ1) is 21.0. The van der Waals surface area contributed by atoms with Gasteiger partial charge in [0.2, 0.25) is 5.91 Å². The third-order valence-electron chi connectivity index (χ3n) is 4.04. The second-order valence-corrected chi connectivity index (χ2v) is 6.43. The number of hydrogen-bond acceptors (Lipinski definition) is 7. The largest absolute Gasteiger partial charge is 0.497 e. The van der Waals surface area contributed by atoms with Crippen LogP contribution in [0.2, 0.25) is 0 Å². The molecule has 2 N–H and O–H groups in total. The van der Waals surface area contributed by atoms with Crippen molar-refractivity contribution in [3.05, 3.63) is 42.5 Å². The van der Waals surface area contributed by atoms with Gasteiger partial charge in [-0.1, -0.05) is 0 Å². The fourth-order valence-corrected chi connectivity index (χ4v) is 2.61. The zero-order chi connectivity index (χ0) is 21.3. The summed E-state index contributed by atoms with van der Waals surface area (Å²) >= 11 is 0. The first-order valence-electron chi connectivity index (χ1n) is 9.32. The average Bonchev–Trinajstić information content (AvgIpc) is 2.76. The predicted molar refractivity (Wildman–Crippen MR) is 110 cm³/mol. The van der Waals surface area contributed by atoms with Crippen molar-refractivity contribution in [1.82, 2.24) is 5.43 Å². The van der Waals surface area contributed by atoms with Gasteiger partial charge in [0.15, 0.2) is 18.1 Å². The Labute approximate surface area is 174 Å². The molecule has 0 saturated carbocycles. The van der Waals surface area contributed by atoms with Gasteiger partial charge in [0.05, 0.1) is 13.5 Å². The van der Waals surface area contributed by atoms with Crippen molar-refractivity contribution < 1.29 is 28.5 Å². The number of benzene rings is 2. The predicted octanol–water partition coefficient (Wildman–Crippen LogP) is 2.37. The molecule has 0 saturated heterocycles. The van der Waals surface area contributed by atoms with Crippen LogP contribution in [0, 0.1) is 0 Å². The molecule has 0 bridgehead atoms. The summed E-state index contributed by atoms with van der Waals surface area (Å²) in [4.78, 5) is 24.0. The number of nitrogens with zero attached hydrogens (tertiary/aromatic N) is 1. The number of amides is 2. The summed E-state index contributed by atoms with van der Waals surface area (Å²) in [7, 11) is 1.57. The van der Waals surface area contributed by atoms with Crippen molar-refractivity contribution >= 4 is 23.2 Å². The molecule has 30 heavy (non-hydrogen) atoms. The number of carbonyl (C=O) groups is 2. The molecular formula is C21H23N3O6. The van der Waals surface area contributed by atoms with Gasteiger partial charge < -0.3 is 24.3 Å². The van der Waals surface area contributed by atoms with E-state index in [0.29, 0.717) is 47.6 Å². The van der Waals surface area contributed by atoms with Crippen LogP contribution in [-0.4, -0.2) is 44.5 Å². The van der Waals surface area contributed by atoms with Gasteiger partial charge in [0.1, 0.15) is 24.7 Å². The Kier molecular flexibility index (Phi) is 7.09. The molecule has 1 aliphatic rings. The van der Waals surface area contributed by atoms with Crippen molar-refractivity contribution in [3.63, 3.8) is 0 Å². The fraction of sp³-hybridized carbons (Fsp3) is 0.286. The van der Waals surface area contributed by atoms with Crippen LogP contribution in [0.1, 0.15) is 13.3 Å². The second kappa shape index (κ2) is 10.1. The lowest BCUT2D eigenvalue weighted by Crippen LogP contribution is -2.26. The van der Waals surface area contributed by atoms with Crippen LogP contribution in [0.15, 0.2) is 47.6 Å². The fourth-order valence-electron chi connectivity index (χ4n) is 2.61. The van der Waals surface area contributed by atoms with E-state index in [1.165, 1.54) is 0 Å². The number of rotatable bonds is 8. The molecule has 0 atom stereocenters. The van der Waals surface area contributed by atoms with Crippen LogP contribution in [-0.2, 0) is 9.59 Å². The third-order valence-corrected chi connectivity index (χ3v) is 4.04. The summed E-state index contributed by atoms with van der Waals surface area (Å²) in [6.45, 7) is 2.42. The van der Waals surface area contributed by atoms with Crippen LogP contribution in [0.25, 0.3) is 0 Å². The Morgan fingerprint density at radius 3 is 2.43 bits per heavy atom. The van der Waals surface area contributed by atoms with E-state index in [-0.39, 0.29) is 18.9 Å². The molecular weight excluding hydrogens is 390 g/mol. The zero-order valence-electron chi connectivity index (χ0n) is 16.8. The molecule has 2 amide bonds. The number of methoxy groups -OCH3 is 1. The highest BCUT2D eigenvalue weighted by molar-refractivity contribution is 6.05. The summed E-state index contributed by atoms with van der Waals surface area (Å²) in [5.74, 6) is 1.77. The highest BCUT2D eigenvalue weighted by atomic mass is 16.6. The number of anilines is 1. The van der Waals surface area contributed by atoms with Gasteiger partial charge in [-0.3, -0.25) is 9.59 Å². The number of fused-ring (bicyclic) bond motifs is 1. The maximum absolute atomic E-state index is 12.2. The molecule has 0 radical (unpaired) electrons. The van der Waals surface area contributed by atoms with Gasteiger partial charge in [0.25, 0.3) is 5.91 Å². The standard InChI is InChI=1S/C21H23N3O6/c1-14(23-24-21(26)13-30-17-6-4-16(27-2)5-7-17)11-20(25)22-15-3-8-18-19(12-15)29-10-9-28-18/h3-8,12H,9-11,13H2,1-2H3,(H,22,25)(H,24,26)/b23-14+. The normalized spacial score (nSPS) is 12.7. The van der Waals surface area contributed by atoms with Crippen LogP contribution < -0.4 is 29.7 Å². The smallest absolute Gasteiger partial charge is 0.277 e. The van der Waals surface area contributed by atoms with Gasteiger partial charge in [-0.05, 0) is 43.3 Å². The maximum atomic E-state index is 12.2. The Morgan fingerprint density at radius 2 is 1.70 bits per heavy atom. The lowest BCUT2D eigenvalue weighted by Gasteiger charge is -2.19. The molecule has 0 unspecified atom stereocenters. The lowest BCUT2D eigenvalue weighted by molar-refractivity contribution is -0.123. The van der Waals surface area contributed by atoms with Crippen LogP contribution in [0.3, 0.4) is 0 Å². The molecule has 9 heteroatoms. The third kappa shape index (κ3) is 6.13. The molecule has 2 aromatic carbocycles. The minimum absolute atomic E-state index is 0.0219. The van der Waals surface area contributed by atoms with Crippen molar-refractivity contribution in [1.29, 1.82) is 0 Å². The zero-order valence-corrected chi connectivity index (χ0v) is 16.8. The van der Waals surface area contributed by atoms with E-state index >= 15 is 0 Å². The van der Waals surface area contributed by atoms with E-state index in [2.05, 4.69) is 15.8 Å². The summed E-state index contributed by atoms with van der Waals surface area (Å²) in [5.41, 5.74) is 3.41. The molecule has 0 aromatic heterocycles. The van der Waals surface area contributed by atoms with Gasteiger partial charge >= 0.3 is 0 Å². The van der Waals surface area contributed by atoms with Crippen LogP contribution >= 0.6 is 0 Å². The molecule has 158 valence electrons. The average molecular weight is 413 g/mol. The van der Waals surface area contributed by atoms with Crippen molar-refractivity contribution in [2.24, 2.45) is 5.10 Å². The molecule has 0 aliphatic carbocycles. The van der Waals surface area contributed by atoms with E-state index in [4.69, 9.17) is 18.9 Å². The van der Waals surface area contributed by atoms with Crippen LogP contribution in [0.5, 0.6) is 23.0 Å². The minimum atomic E-state index is -0.433. The van der Waals surface area contributed by atoms with E-state index in [1.54, 1.807) is 56.5 Å². The quantitative estimate of drug-likeness (QED) is 0.508. The van der Waals surface area contributed by atoms with Crippen molar-refractivity contribution in [3.8, 4) is 23.0 Å². The molecule has 2 aromatic rings. The monoisotopic (exact) mass is 413 g/mol. The topological polar surface area (TPSA) is 107 Å². The second-order valence-electron chi connectivity index (χ2n) is 6.43. The Morgan fingerprint density at radius 1 is 1.00 bits per heavy atom. The van der Waals surface area contributed by atoms with Gasteiger partial charge in [-0.2, -0.15) is 5.10 Å². The highest BCUT2D eigenvalue weighted by Crippen LogP contribution is 2.32. The highest BCUT2D eigenvalue weighted by Gasteiger charge is 2.13. The Balaban J connectivity index is 1.42. The van der Waals surface area contributed by atoms with Crippen LogP contribution in [0.4, 0.5) is 5.69 Å². The van der Waals surface area contributed by atoms with Gasteiger partial charge in [0, 0.05) is 17.5 Å². The number of hydrazone groups is 1. The number of ether oxygens (including phenoxy) is 4. The van der Waals surface area contributed by atoms with E-state index < -0.39 is 5.91 Å². The first-order valence-corrected chi connectivity index (χ1v) is 9.32. The SMILES string of the molecule is COc1ccc(OCC(=O)N/N=C(\C)CC(=O)Nc2ccc3c(c2)OCCO3)cc1. The van der Waals surface area contributed by atoms with E-state index in [1.807, 2.05) is 0 Å². The Hall–Kier alpha value is -3.75. The first-order chi connectivity index (χ1) is 14.5. The van der Waals surface area contributed by atoms with Gasteiger partial charge in [-0.15, -0.1) is 0 Å². The summed E-state index contributed by atoms with van der Waals surface area (Å²) in [6.07, 6.45) is 0.0219. The van der Waals surface area contributed by atoms with E-state index in [9.17, 15) is 9.59 Å². The summed E-state index contributed by atoms with van der Waals surface area (Å²) in [5, 5.41) is 6.69. The van der Waals surface area contributed by atoms with Gasteiger partial charge in [-0.25, -0.2) is 5.43 Å². The lowest BCUT2D eigenvalue weighted by atomic mass is 10.2. The molecule has 3 rings (SSSR count). The minimum Gasteiger partial charge on any atom is -0.497 e. The summed E-state index contributed by atoms with van der Waals surface area (Å²) in [6, 6.07) is 12.0. The van der Waals surface area contributed by atoms with E-state index in [0.717, 1.165) is 0 Å². The molecule has 0 spiro atoms. The summed E-state index contributed by atoms with van der Waals surface area (Å²) < 4.78 is 21.4. The molecule has 1 heterocycles. The van der Waals surface area contributed by atoms with Crippen molar-refractivity contribution in [2.45, 2.75) is 13.3 Å².